The molecular formula is C30H38N2O8. The number of pyridine rings is 1. The van der Waals surface area contributed by atoms with Gasteiger partial charge >= 0.3 is 11.9 Å². The summed E-state index contributed by atoms with van der Waals surface area (Å²) in [5.74, 6) is -2.08. The molecule has 1 aliphatic heterocycles. The van der Waals surface area contributed by atoms with Crippen LogP contribution in [0.4, 0.5) is 0 Å². The van der Waals surface area contributed by atoms with Crippen LogP contribution in [0.1, 0.15) is 61.1 Å². The van der Waals surface area contributed by atoms with E-state index in [2.05, 4.69) is 34.6 Å². The number of nitrogens with one attached hydrogen (secondary N) is 1. The zero-order valence-electron chi connectivity index (χ0n) is 23.5. The highest BCUT2D eigenvalue weighted by Gasteiger charge is 2.38. The zero-order valence-corrected chi connectivity index (χ0v) is 23.5. The first kappa shape index (κ1) is 29.5. The van der Waals surface area contributed by atoms with Crippen LogP contribution in [0.5, 0.6) is 11.5 Å². The molecule has 1 aromatic heterocycles. The molecule has 1 amide bonds. The number of nitrogens with zero attached hydrogens (tertiary/aromatic N) is 1. The molecule has 10 nitrogen and oxygen atoms in total. The zero-order chi connectivity index (χ0) is 28.6. The van der Waals surface area contributed by atoms with Gasteiger partial charge in [0.25, 0.3) is 5.91 Å². The van der Waals surface area contributed by atoms with Crippen molar-refractivity contribution < 1.29 is 38.1 Å². The summed E-state index contributed by atoms with van der Waals surface area (Å²) >= 11 is 0. The van der Waals surface area contributed by atoms with Gasteiger partial charge in [-0.2, -0.15) is 0 Å². The normalized spacial score (nSPS) is 23.9. The number of hydrogen-bond donors (Lipinski definition) is 1. The van der Waals surface area contributed by atoms with E-state index in [0.717, 1.165) is 31.2 Å². The van der Waals surface area contributed by atoms with E-state index in [-0.39, 0.29) is 41.9 Å². The van der Waals surface area contributed by atoms with E-state index < -0.39 is 30.0 Å². The van der Waals surface area contributed by atoms with Crippen molar-refractivity contribution >= 4 is 17.8 Å². The van der Waals surface area contributed by atoms with Crippen LogP contribution in [-0.2, 0) is 30.2 Å². The van der Waals surface area contributed by atoms with E-state index in [9.17, 15) is 14.4 Å². The molecule has 2 aliphatic rings. The first-order valence-corrected chi connectivity index (χ1v) is 13.8. The molecule has 4 atom stereocenters. The Morgan fingerprint density at radius 2 is 1.82 bits per heavy atom. The topological polar surface area (TPSA) is 122 Å². The molecule has 4 rings (SSSR count). The molecular weight excluding hydrogens is 516 g/mol. The monoisotopic (exact) mass is 554 g/mol. The molecule has 4 unspecified atom stereocenters. The Morgan fingerprint density at radius 1 is 1.10 bits per heavy atom. The van der Waals surface area contributed by atoms with Crippen LogP contribution in [0.25, 0.3) is 0 Å². The number of carbonyl (C=O) groups is 3. The van der Waals surface area contributed by atoms with Crippen LogP contribution in [0, 0.1) is 12.8 Å². The number of rotatable bonds is 8. The summed E-state index contributed by atoms with van der Waals surface area (Å²) in [5, 5.41) is 2.64. The van der Waals surface area contributed by atoms with Gasteiger partial charge in [-0.1, -0.05) is 42.7 Å². The number of methoxy groups -OCH3 is 1. The van der Waals surface area contributed by atoms with Crippen LogP contribution >= 0.6 is 0 Å². The summed E-state index contributed by atoms with van der Waals surface area (Å²) in [4.78, 5) is 42.2. The molecule has 1 saturated heterocycles. The van der Waals surface area contributed by atoms with Crippen LogP contribution in [0.3, 0.4) is 0 Å². The average molecular weight is 555 g/mol. The lowest BCUT2D eigenvalue weighted by atomic mass is 9.91. The predicted molar refractivity (Wildman–Crippen MR) is 145 cm³/mol. The number of benzene rings is 1. The lowest BCUT2D eigenvalue weighted by Gasteiger charge is -2.33. The fourth-order valence-electron chi connectivity index (χ4n) is 5.21. The van der Waals surface area contributed by atoms with Crippen LogP contribution in [-0.4, -0.2) is 67.5 Å². The number of aryl methyl sites for hydroxylation is 1. The molecule has 0 spiro atoms. The smallest absolute Gasteiger partial charge is 0.331 e. The van der Waals surface area contributed by atoms with Gasteiger partial charge in [-0.25, -0.2) is 9.78 Å². The third kappa shape index (κ3) is 7.57. The van der Waals surface area contributed by atoms with Crippen molar-refractivity contribution in [3.05, 3.63) is 53.3 Å². The van der Waals surface area contributed by atoms with Gasteiger partial charge in [0.1, 0.15) is 6.10 Å². The Morgan fingerprint density at radius 3 is 2.50 bits per heavy atom. The molecule has 216 valence electrons. The minimum Gasteiger partial charge on any atom is -0.493 e. The number of amides is 1. The maximum atomic E-state index is 13.3. The third-order valence-electron chi connectivity index (χ3n) is 7.26. The van der Waals surface area contributed by atoms with Gasteiger partial charge in [0.15, 0.2) is 17.5 Å². The summed E-state index contributed by atoms with van der Waals surface area (Å²) < 4.78 is 28.9. The van der Waals surface area contributed by atoms with Gasteiger partial charge in [-0.15, -0.1) is 0 Å². The summed E-state index contributed by atoms with van der Waals surface area (Å²) in [6.07, 6.45) is 5.39. The summed E-state index contributed by atoms with van der Waals surface area (Å²) in [7, 11) is 1.38. The lowest BCUT2D eigenvalue weighted by molar-refractivity contribution is -0.164. The van der Waals surface area contributed by atoms with E-state index in [0.29, 0.717) is 13.0 Å². The van der Waals surface area contributed by atoms with E-state index in [4.69, 9.17) is 23.7 Å². The fourth-order valence-corrected chi connectivity index (χ4v) is 5.21. The minimum absolute atomic E-state index is 0.0730. The Balaban J connectivity index is 1.53. The largest absolute Gasteiger partial charge is 0.493 e. The summed E-state index contributed by atoms with van der Waals surface area (Å²) in [6, 6.07) is 8.69. The molecule has 10 heteroatoms. The van der Waals surface area contributed by atoms with Crippen molar-refractivity contribution in [1.29, 1.82) is 0 Å². The standard InChI is InChI=1S/C30H38N2O8/c1-18-9-11-21(12-10-18)15-22-16-37-17-24(30(35)38-19(2)27(22)40-23-7-5-6-8-23)32-29(34)26-28(39-20(3)33)25(36-4)13-14-31-26/h9-14,19,22-24,27H,5-8,15-17H2,1-4H3,(H,32,34). The maximum absolute atomic E-state index is 13.3. The summed E-state index contributed by atoms with van der Waals surface area (Å²) in [5.41, 5.74) is 2.12. The number of ether oxygens (including phenoxy) is 5. The Hall–Kier alpha value is -3.50. The number of hydrogen-bond acceptors (Lipinski definition) is 9. The van der Waals surface area contributed by atoms with Crippen molar-refractivity contribution in [2.75, 3.05) is 20.3 Å². The molecule has 1 saturated carbocycles. The molecule has 1 aliphatic carbocycles. The first-order valence-electron chi connectivity index (χ1n) is 13.8. The highest BCUT2D eigenvalue weighted by molar-refractivity contribution is 5.98. The average Bonchev–Trinajstić information content (AvgIpc) is 3.45. The molecule has 0 bridgehead atoms. The van der Waals surface area contributed by atoms with E-state index in [1.165, 1.54) is 31.9 Å². The molecule has 40 heavy (non-hydrogen) atoms. The van der Waals surface area contributed by atoms with Crippen molar-refractivity contribution in [2.45, 2.75) is 77.2 Å². The molecule has 2 aromatic rings. The highest BCUT2D eigenvalue weighted by atomic mass is 16.6. The Bertz CT molecular complexity index is 1180. The number of esters is 2. The number of carbonyl (C=O) groups excluding carboxylic acids is 3. The van der Waals surface area contributed by atoms with Gasteiger partial charge in [-0.3, -0.25) is 9.59 Å². The fraction of sp³-hybridized carbons (Fsp3) is 0.533. The second kappa shape index (κ2) is 13.7. The molecule has 2 heterocycles. The minimum atomic E-state index is -1.11. The first-order chi connectivity index (χ1) is 19.2. The maximum Gasteiger partial charge on any atom is 0.331 e. The molecule has 1 N–H and O–H groups in total. The van der Waals surface area contributed by atoms with Gasteiger partial charge in [0.05, 0.1) is 32.5 Å². The quantitative estimate of drug-likeness (QED) is 0.488. The van der Waals surface area contributed by atoms with Gasteiger partial charge in [0, 0.05) is 25.1 Å². The van der Waals surface area contributed by atoms with Gasteiger partial charge in [0.2, 0.25) is 5.75 Å². The second-order valence-corrected chi connectivity index (χ2v) is 10.4. The van der Waals surface area contributed by atoms with Crippen LogP contribution < -0.4 is 14.8 Å². The van der Waals surface area contributed by atoms with Gasteiger partial charge in [-0.05, 0) is 38.7 Å². The highest BCUT2D eigenvalue weighted by Crippen LogP contribution is 2.31. The Kier molecular flexibility index (Phi) is 10.1. The molecule has 1 aromatic carbocycles. The molecule has 2 fully saturated rings. The van der Waals surface area contributed by atoms with E-state index in [1.807, 2.05) is 13.8 Å². The van der Waals surface area contributed by atoms with Crippen LogP contribution in [0.15, 0.2) is 36.5 Å². The second-order valence-electron chi connectivity index (χ2n) is 10.4. The third-order valence-corrected chi connectivity index (χ3v) is 7.26. The SMILES string of the molecule is COc1ccnc(C(=O)NC2COCC(Cc3ccc(C)cc3)C(OC3CCCC3)C(C)OC2=O)c1OC(C)=O. The Labute approximate surface area is 234 Å². The van der Waals surface area contributed by atoms with Crippen molar-refractivity contribution in [3.63, 3.8) is 0 Å². The predicted octanol–water partition coefficient (Wildman–Crippen LogP) is 3.57. The molecule has 0 radical (unpaired) electrons. The van der Waals surface area contributed by atoms with Crippen molar-refractivity contribution in [3.8, 4) is 11.5 Å². The van der Waals surface area contributed by atoms with E-state index >= 15 is 0 Å². The van der Waals surface area contributed by atoms with Crippen LogP contribution in [0.2, 0.25) is 0 Å². The number of aromatic nitrogens is 1. The van der Waals surface area contributed by atoms with Crippen molar-refractivity contribution in [2.24, 2.45) is 5.92 Å². The van der Waals surface area contributed by atoms with E-state index in [1.54, 1.807) is 0 Å². The van der Waals surface area contributed by atoms with Gasteiger partial charge < -0.3 is 29.0 Å². The lowest BCUT2D eigenvalue weighted by Crippen LogP contribution is -2.47. The van der Waals surface area contributed by atoms with Crippen molar-refractivity contribution in [1.82, 2.24) is 10.3 Å². The summed E-state index contributed by atoms with van der Waals surface area (Å²) in [6.45, 7) is 5.28. The number of cyclic esters (lactones) is 1.